The molecule has 0 saturated heterocycles. The van der Waals surface area contributed by atoms with E-state index in [0.717, 1.165) is 49.8 Å². The van der Waals surface area contributed by atoms with Crippen molar-refractivity contribution in [2.75, 3.05) is 46.4 Å². The molecule has 2 unspecified atom stereocenters. The Bertz CT molecular complexity index is 729. The second-order valence-electron chi connectivity index (χ2n) is 8.66. The number of hydrogen-bond acceptors (Lipinski definition) is 6. The minimum Gasteiger partial charge on any atom is -0.492 e. The van der Waals surface area contributed by atoms with Crippen LogP contribution in [-0.4, -0.2) is 75.4 Å². The third-order valence-electron chi connectivity index (χ3n) is 5.77. The molecule has 1 rings (SSSR count). The molecule has 0 aliphatic heterocycles. The minimum atomic E-state index is -0.143. The van der Waals surface area contributed by atoms with Gasteiger partial charge in [-0.05, 0) is 50.3 Å². The first kappa shape index (κ1) is 29.6. The topological polar surface area (TPSA) is 99.8 Å². The highest BCUT2D eigenvalue weighted by Crippen LogP contribution is 2.19. The van der Waals surface area contributed by atoms with E-state index in [1.165, 1.54) is 4.90 Å². The molecule has 2 amide bonds. The normalized spacial score (nSPS) is 12.6. The number of para-hydroxylation sites is 1. The highest BCUT2D eigenvalue weighted by atomic mass is 16.5. The summed E-state index contributed by atoms with van der Waals surface area (Å²) in [6.45, 7) is 9.09. The van der Waals surface area contributed by atoms with Crippen molar-refractivity contribution >= 4 is 18.1 Å². The van der Waals surface area contributed by atoms with Gasteiger partial charge in [0, 0.05) is 32.6 Å². The highest BCUT2D eigenvalue weighted by molar-refractivity contribution is 5.84. The fraction of sp³-hybridized carbons (Fsp3) is 0.654. The first-order valence-corrected chi connectivity index (χ1v) is 12.5. The summed E-state index contributed by atoms with van der Waals surface area (Å²) in [5.74, 6) is 1.02. The predicted octanol–water partition coefficient (Wildman–Crippen LogP) is 2.17. The molecule has 2 atom stereocenters. The van der Waals surface area contributed by atoms with Crippen LogP contribution >= 0.6 is 0 Å². The molecule has 0 bridgehead atoms. The molecule has 0 fully saturated rings. The summed E-state index contributed by atoms with van der Waals surface area (Å²) in [5, 5.41) is 9.32. The Morgan fingerprint density at radius 3 is 2.65 bits per heavy atom. The Kier molecular flexibility index (Phi) is 15.6. The predicted molar refractivity (Wildman–Crippen MR) is 136 cm³/mol. The van der Waals surface area contributed by atoms with Crippen LogP contribution in [0.2, 0.25) is 0 Å². The molecule has 3 N–H and O–H groups in total. The van der Waals surface area contributed by atoms with Gasteiger partial charge in [0.25, 0.3) is 0 Å². The van der Waals surface area contributed by atoms with Crippen LogP contribution in [0.15, 0.2) is 24.3 Å². The maximum atomic E-state index is 12.7. The number of amides is 2. The smallest absolute Gasteiger partial charge is 0.239 e. The average molecular weight is 477 g/mol. The number of hydrogen-bond donors (Lipinski definition) is 3. The summed E-state index contributed by atoms with van der Waals surface area (Å²) in [6.07, 6.45) is 5.09. The molecule has 0 aliphatic rings. The molecule has 1 aromatic carbocycles. The van der Waals surface area contributed by atoms with E-state index < -0.39 is 0 Å². The SMILES string of the molecule is CCCC(C)C(CC(=O)N(C)CC(=O)NCC)NCCOc1ccccc1CCCNCC=O. The zero-order valence-corrected chi connectivity index (χ0v) is 21.4. The van der Waals surface area contributed by atoms with Gasteiger partial charge in [-0.25, -0.2) is 0 Å². The van der Waals surface area contributed by atoms with Crippen molar-refractivity contribution in [1.29, 1.82) is 0 Å². The van der Waals surface area contributed by atoms with Gasteiger partial charge >= 0.3 is 0 Å². The number of ether oxygens (including phenoxy) is 1. The summed E-state index contributed by atoms with van der Waals surface area (Å²) in [7, 11) is 1.67. The van der Waals surface area contributed by atoms with E-state index >= 15 is 0 Å². The zero-order chi connectivity index (χ0) is 25.2. The summed E-state index contributed by atoms with van der Waals surface area (Å²) in [4.78, 5) is 36.4. The van der Waals surface area contributed by atoms with Gasteiger partial charge in [-0.1, -0.05) is 38.5 Å². The van der Waals surface area contributed by atoms with Gasteiger partial charge in [-0.15, -0.1) is 0 Å². The molecule has 0 saturated carbocycles. The van der Waals surface area contributed by atoms with Crippen molar-refractivity contribution in [3.05, 3.63) is 29.8 Å². The van der Waals surface area contributed by atoms with Gasteiger partial charge < -0.3 is 30.4 Å². The Morgan fingerprint density at radius 2 is 1.94 bits per heavy atom. The number of nitrogens with one attached hydrogen (secondary N) is 3. The zero-order valence-electron chi connectivity index (χ0n) is 21.4. The molecule has 8 heteroatoms. The number of carbonyl (C=O) groups excluding carboxylic acids is 3. The second-order valence-corrected chi connectivity index (χ2v) is 8.66. The van der Waals surface area contributed by atoms with E-state index in [2.05, 4.69) is 35.9 Å². The van der Waals surface area contributed by atoms with Crippen molar-refractivity contribution in [2.45, 2.75) is 58.9 Å². The van der Waals surface area contributed by atoms with E-state index in [0.29, 0.717) is 38.6 Å². The van der Waals surface area contributed by atoms with Crippen LogP contribution in [0, 0.1) is 5.92 Å². The fourth-order valence-electron chi connectivity index (χ4n) is 3.85. The number of rotatable bonds is 19. The fourth-order valence-corrected chi connectivity index (χ4v) is 3.85. The Balaban J connectivity index is 2.56. The largest absolute Gasteiger partial charge is 0.492 e. The van der Waals surface area contributed by atoms with Gasteiger partial charge in [0.05, 0.1) is 13.1 Å². The van der Waals surface area contributed by atoms with E-state index in [4.69, 9.17) is 4.74 Å². The maximum Gasteiger partial charge on any atom is 0.239 e. The number of benzene rings is 1. The summed E-state index contributed by atoms with van der Waals surface area (Å²) in [5.41, 5.74) is 1.15. The molecule has 0 spiro atoms. The molecule has 0 radical (unpaired) electrons. The number of nitrogens with zero attached hydrogens (tertiary/aromatic N) is 1. The van der Waals surface area contributed by atoms with E-state index in [1.807, 2.05) is 25.1 Å². The maximum absolute atomic E-state index is 12.7. The first-order valence-electron chi connectivity index (χ1n) is 12.5. The van der Waals surface area contributed by atoms with Crippen LogP contribution in [0.3, 0.4) is 0 Å². The van der Waals surface area contributed by atoms with Crippen molar-refractivity contribution < 1.29 is 19.1 Å². The van der Waals surface area contributed by atoms with Gasteiger partial charge in [0.15, 0.2) is 0 Å². The number of likely N-dealkylation sites (N-methyl/N-ethyl adjacent to an activating group) is 2. The third kappa shape index (κ3) is 12.1. The van der Waals surface area contributed by atoms with Gasteiger partial charge in [-0.2, -0.15) is 0 Å². The van der Waals surface area contributed by atoms with Crippen LogP contribution in [0.1, 0.15) is 52.0 Å². The summed E-state index contributed by atoms with van der Waals surface area (Å²) in [6, 6.07) is 8.03. The number of aldehydes is 1. The van der Waals surface area contributed by atoms with Crippen molar-refractivity contribution in [3.8, 4) is 5.75 Å². The Labute approximate surface area is 205 Å². The van der Waals surface area contributed by atoms with Crippen LogP contribution in [-0.2, 0) is 20.8 Å². The standard InChI is InChI=1S/C26H44N4O4/c1-5-10-21(3)23(19-26(33)30(4)20-25(32)28-6-2)29-16-18-34-24-13-8-7-11-22(24)12-9-14-27-15-17-31/h7-8,11,13,17,21,23,27,29H,5-6,9-10,12,14-16,18-20H2,1-4H3,(H,28,32). The van der Waals surface area contributed by atoms with E-state index in [1.54, 1.807) is 7.05 Å². The highest BCUT2D eigenvalue weighted by Gasteiger charge is 2.22. The van der Waals surface area contributed by atoms with Crippen LogP contribution in [0.5, 0.6) is 5.75 Å². The van der Waals surface area contributed by atoms with E-state index in [-0.39, 0.29) is 24.4 Å². The Morgan fingerprint density at radius 1 is 1.18 bits per heavy atom. The second kappa shape index (κ2) is 18.0. The molecular weight excluding hydrogens is 432 g/mol. The monoisotopic (exact) mass is 476 g/mol. The molecule has 0 heterocycles. The molecule has 8 nitrogen and oxygen atoms in total. The van der Waals surface area contributed by atoms with Crippen molar-refractivity contribution in [3.63, 3.8) is 0 Å². The van der Waals surface area contributed by atoms with Crippen molar-refractivity contribution in [2.24, 2.45) is 5.92 Å². The van der Waals surface area contributed by atoms with Crippen molar-refractivity contribution in [1.82, 2.24) is 20.9 Å². The lowest BCUT2D eigenvalue weighted by Gasteiger charge is -2.27. The lowest BCUT2D eigenvalue weighted by Crippen LogP contribution is -2.44. The molecular formula is C26H44N4O4. The number of aryl methyl sites for hydroxylation is 1. The van der Waals surface area contributed by atoms with Gasteiger partial charge in [0.2, 0.25) is 11.8 Å². The molecule has 192 valence electrons. The summed E-state index contributed by atoms with van der Waals surface area (Å²) >= 11 is 0. The van der Waals surface area contributed by atoms with Gasteiger partial charge in [-0.3, -0.25) is 9.59 Å². The van der Waals surface area contributed by atoms with Gasteiger partial charge in [0.1, 0.15) is 18.6 Å². The first-order chi connectivity index (χ1) is 16.4. The third-order valence-corrected chi connectivity index (χ3v) is 5.77. The van der Waals surface area contributed by atoms with E-state index in [9.17, 15) is 14.4 Å². The van der Waals surface area contributed by atoms with Crippen LogP contribution in [0.25, 0.3) is 0 Å². The number of carbonyl (C=O) groups is 3. The molecule has 0 aromatic heterocycles. The lowest BCUT2D eigenvalue weighted by molar-refractivity contribution is -0.135. The van der Waals surface area contributed by atoms with Crippen LogP contribution < -0.4 is 20.7 Å². The molecule has 34 heavy (non-hydrogen) atoms. The Hall–Kier alpha value is -2.45. The minimum absolute atomic E-state index is 0.0203. The lowest BCUT2D eigenvalue weighted by atomic mass is 9.94. The van der Waals surface area contributed by atoms with Crippen LogP contribution in [0.4, 0.5) is 0 Å². The average Bonchev–Trinajstić information content (AvgIpc) is 2.81. The summed E-state index contributed by atoms with van der Waals surface area (Å²) < 4.78 is 6.05. The molecule has 1 aromatic rings. The molecule has 0 aliphatic carbocycles. The quantitative estimate of drug-likeness (QED) is 0.209.